The predicted octanol–water partition coefficient (Wildman–Crippen LogP) is 1.42. The Hall–Kier alpha value is -2.14. The van der Waals surface area contributed by atoms with E-state index in [0.717, 1.165) is 23.5 Å². The zero-order chi connectivity index (χ0) is 14.8. The van der Waals surface area contributed by atoms with Gasteiger partial charge in [-0.2, -0.15) is 0 Å². The number of aromatic amines is 1. The number of benzene rings is 1. The first-order chi connectivity index (χ1) is 10.1. The fourth-order valence-electron chi connectivity index (χ4n) is 2.83. The number of fused-ring (bicyclic) bond motifs is 1. The molecule has 0 aliphatic carbocycles. The Morgan fingerprint density at radius 1 is 1.43 bits per heavy atom. The van der Waals surface area contributed by atoms with Crippen LogP contribution in [0.15, 0.2) is 36.7 Å². The third kappa shape index (κ3) is 2.83. The van der Waals surface area contributed by atoms with Gasteiger partial charge in [0.05, 0.1) is 23.8 Å². The molecule has 1 aliphatic rings. The van der Waals surface area contributed by atoms with E-state index in [1.165, 1.54) is 0 Å². The third-order valence-corrected chi connectivity index (χ3v) is 4.06. The minimum Gasteiger partial charge on any atom is -0.347 e. The van der Waals surface area contributed by atoms with E-state index in [4.69, 9.17) is 0 Å². The molecule has 3 rings (SSSR count). The molecule has 1 aliphatic heterocycles. The van der Waals surface area contributed by atoms with E-state index in [-0.39, 0.29) is 11.9 Å². The summed E-state index contributed by atoms with van der Waals surface area (Å²) >= 11 is 0. The number of rotatable bonds is 3. The van der Waals surface area contributed by atoms with E-state index in [1.807, 2.05) is 44.4 Å². The molecule has 0 radical (unpaired) electrons. The van der Waals surface area contributed by atoms with Crippen LogP contribution in [0.2, 0.25) is 0 Å². The van der Waals surface area contributed by atoms with Gasteiger partial charge in [-0.25, -0.2) is 4.98 Å². The summed E-state index contributed by atoms with van der Waals surface area (Å²) in [6.07, 6.45) is 2.38. The molecule has 1 N–H and O–H groups in total. The molecule has 5 heteroatoms. The number of hydrogen-bond acceptors (Lipinski definition) is 3. The smallest absolute Gasteiger partial charge is 0.240 e. The highest BCUT2D eigenvalue weighted by atomic mass is 16.2. The van der Waals surface area contributed by atoms with Crippen LogP contribution >= 0.6 is 0 Å². The largest absolute Gasteiger partial charge is 0.347 e. The standard InChI is InChI=1S/C16H20N4O/c1-19-10-14-13(17-11-18-14)8-15(19)16(21)20(2)9-12-6-4-3-5-7-12/h3-7,11,15H,8-10H2,1-2H3,(H,17,18)/t15-/m0/s1. The number of carbonyl (C=O) groups excluding carboxylic acids is 1. The summed E-state index contributed by atoms with van der Waals surface area (Å²) in [5, 5.41) is 0. The minimum atomic E-state index is -0.130. The van der Waals surface area contributed by atoms with E-state index < -0.39 is 0 Å². The van der Waals surface area contributed by atoms with Crippen LogP contribution in [0.4, 0.5) is 0 Å². The number of nitrogens with zero attached hydrogens (tertiary/aromatic N) is 3. The van der Waals surface area contributed by atoms with Crippen LogP contribution in [0.1, 0.15) is 17.0 Å². The first kappa shape index (κ1) is 13.8. The summed E-state index contributed by atoms with van der Waals surface area (Å²) in [6.45, 7) is 1.38. The van der Waals surface area contributed by atoms with Crippen molar-refractivity contribution in [3.63, 3.8) is 0 Å². The average Bonchev–Trinajstić information content (AvgIpc) is 2.93. The second kappa shape index (κ2) is 5.69. The summed E-state index contributed by atoms with van der Waals surface area (Å²) in [7, 11) is 3.85. The maximum absolute atomic E-state index is 12.7. The normalized spacial score (nSPS) is 18.3. The molecule has 1 aromatic heterocycles. The number of imidazole rings is 1. The number of H-pyrrole nitrogens is 1. The molecular weight excluding hydrogens is 264 g/mol. The third-order valence-electron chi connectivity index (χ3n) is 4.06. The van der Waals surface area contributed by atoms with E-state index in [0.29, 0.717) is 13.0 Å². The Kier molecular flexibility index (Phi) is 3.75. The van der Waals surface area contributed by atoms with Crippen molar-refractivity contribution in [2.45, 2.75) is 25.6 Å². The van der Waals surface area contributed by atoms with Gasteiger partial charge in [0, 0.05) is 26.6 Å². The molecule has 5 nitrogen and oxygen atoms in total. The Labute approximate surface area is 124 Å². The molecule has 0 bridgehead atoms. The van der Waals surface area contributed by atoms with Gasteiger partial charge < -0.3 is 9.88 Å². The number of nitrogens with one attached hydrogen (secondary N) is 1. The lowest BCUT2D eigenvalue weighted by Crippen LogP contribution is -2.48. The molecule has 2 heterocycles. The lowest BCUT2D eigenvalue weighted by Gasteiger charge is -2.33. The summed E-state index contributed by atoms with van der Waals surface area (Å²) in [4.78, 5) is 24.0. The Bertz CT molecular complexity index is 622. The zero-order valence-electron chi connectivity index (χ0n) is 12.4. The van der Waals surface area contributed by atoms with Crippen LogP contribution in [0, 0.1) is 0 Å². The van der Waals surface area contributed by atoms with Crippen molar-refractivity contribution in [3.8, 4) is 0 Å². The maximum atomic E-state index is 12.7. The van der Waals surface area contributed by atoms with Gasteiger partial charge in [-0.1, -0.05) is 30.3 Å². The Morgan fingerprint density at radius 2 is 2.19 bits per heavy atom. The second-order valence-electron chi connectivity index (χ2n) is 5.64. The number of carbonyl (C=O) groups is 1. The SMILES string of the molecule is CN(Cc1ccccc1)C(=O)[C@@H]1Cc2nc[nH]c2CN1C. The molecule has 0 saturated heterocycles. The predicted molar refractivity (Wildman–Crippen MR) is 80.5 cm³/mol. The highest BCUT2D eigenvalue weighted by molar-refractivity contribution is 5.82. The molecule has 0 fully saturated rings. The molecule has 110 valence electrons. The van der Waals surface area contributed by atoms with Gasteiger partial charge in [0.2, 0.25) is 5.91 Å². The Morgan fingerprint density at radius 3 is 2.95 bits per heavy atom. The molecule has 0 spiro atoms. The summed E-state index contributed by atoms with van der Waals surface area (Å²) in [6, 6.07) is 9.93. The minimum absolute atomic E-state index is 0.130. The number of aromatic nitrogens is 2. The molecule has 0 unspecified atom stereocenters. The van der Waals surface area contributed by atoms with Crippen LogP contribution < -0.4 is 0 Å². The van der Waals surface area contributed by atoms with Crippen LogP contribution in [0.3, 0.4) is 0 Å². The van der Waals surface area contributed by atoms with Gasteiger partial charge in [-0.05, 0) is 12.6 Å². The first-order valence-corrected chi connectivity index (χ1v) is 7.15. The summed E-state index contributed by atoms with van der Waals surface area (Å²) in [5.41, 5.74) is 3.28. The van der Waals surface area contributed by atoms with Gasteiger partial charge in [0.15, 0.2) is 0 Å². The van der Waals surface area contributed by atoms with Crippen molar-refractivity contribution in [1.29, 1.82) is 0 Å². The highest BCUT2D eigenvalue weighted by Crippen LogP contribution is 2.20. The van der Waals surface area contributed by atoms with Crippen LogP contribution in [0.5, 0.6) is 0 Å². The zero-order valence-corrected chi connectivity index (χ0v) is 12.4. The van der Waals surface area contributed by atoms with Crippen LogP contribution in [-0.4, -0.2) is 45.8 Å². The first-order valence-electron chi connectivity index (χ1n) is 7.15. The van der Waals surface area contributed by atoms with Crippen molar-refractivity contribution in [2.75, 3.05) is 14.1 Å². The lowest BCUT2D eigenvalue weighted by molar-refractivity contribution is -0.136. The molecule has 1 atom stereocenters. The van der Waals surface area contributed by atoms with Crippen LogP contribution in [-0.2, 0) is 24.3 Å². The molecule has 0 saturated carbocycles. The molecule has 1 amide bonds. The van der Waals surface area contributed by atoms with Crippen molar-refractivity contribution in [1.82, 2.24) is 19.8 Å². The molecule has 21 heavy (non-hydrogen) atoms. The van der Waals surface area contributed by atoms with Gasteiger partial charge in [0.1, 0.15) is 0 Å². The van der Waals surface area contributed by atoms with Gasteiger partial charge >= 0.3 is 0 Å². The summed E-state index contributed by atoms with van der Waals surface area (Å²) < 4.78 is 0. The van der Waals surface area contributed by atoms with Crippen molar-refractivity contribution >= 4 is 5.91 Å². The number of likely N-dealkylation sites (N-methyl/N-ethyl adjacent to an activating group) is 2. The van der Waals surface area contributed by atoms with Crippen molar-refractivity contribution in [2.24, 2.45) is 0 Å². The fraction of sp³-hybridized carbons (Fsp3) is 0.375. The average molecular weight is 284 g/mol. The highest BCUT2D eigenvalue weighted by Gasteiger charge is 2.32. The van der Waals surface area contributed by atoms with Crippen LogP contribution in [0.25, 0.3) is 0 Å². The van der Waals surface area contributed by atoms with E-state index >= 15 is 0 Å². The van der Waals surface area contributed by atoms with Gasteiger partial charge in [-0.15, -0.1) is 0 Å². The topological polar surface area (TPSA) is 52.2 Å². The molecular formula is C16H20N4O. The molecule has 2 aromatic rings. The quantitative estimate of drug-likeness (QED) is 0.927. The van der Waals surface area contributed by atoms with Crippen molar-refractivity contribution in [3.05, 3.63) is 53.6 Å². The van der Waals surface area contributed by atoms with E-state index in [2.05, 4.69) is 14.9 Å². The monoisotopic (exact) mass is 284 g/mol. The van der Waals surface area contributed by atoms with Crippen molar-refractivity contribution < 1.29 is 4.79 Å². The van der Waals surface area contributed by atoms with Gasteiger partial charge in [-0.3, -0.25) is 9.69 Å². The second-order valence-corrected chi connectivity index (χ2v) is 5.64. The summed E-state index contributed by atoms with van der Waals surface area (Å²) in [5.74, 6) is 0.148. The van der Waals surface area contributed by atoms with E-state index in [9.17, 15) is 4.79 Å². The fourth-order valence-corrected chi connectivity index (χ4v) is 2.83. The molecule has 1 aromatic carbocycles. The maximum Gasteiger partial charge on any atom is 0.240 e. The number of hydrogen-bond donors (Lipinski definition) is 1. The Balaban J connectivity index is 1.70. The van der Waals surface area contributed by atoms with Gasteiger partial charge in [0.25, 0.3) is 0 Å². The number of amides is 1. The van der Waals surface area contributed by atoms with E-state index in [1.54, 1.807) is 11.2 Å². The lowest BCUT2D eigenvalue weighted by atomic mass is 10.0.